The average Bonchev–Trinajstić information content (AvgIpc) is 2.28. The molecule has 1 atom stereocenters. The minimum absolute atomic E-state index is 0.0150. The molecule has 1 aromatic rings. The van der Waals surface area contributed by atoms with Crippen molar-refractivity contribution in [3.63, 3.8) is 0 Å². The van der Waals surface area contributed by atoms with Gasteiger partial charge in [0, 0.05) is 18.6 Å². The zero-order chi connectivity index (χ0) is 12.1. The van der Waals surface area contributed by atoms with E-state index >= 15 is 0 Å². The van der Waals surface area contributed by atoms with Crippen LogP contribution in [-0.4, -0.2) is 24.5 Å². The third-order valence-corrected chi connectivity index (χ3v) is 2.78. The van der Waals surface area contributed by atoms with Gasteiger partial charge in [-0.15, -0.1) is 0 Å². The molecule has 0 aromatic heterocycles. The van der Waals surface area contributed by atoms with Crippen molar-refractivity contribution in [2.24, 2.45) is 0 Å². The lowest BCUT2D eigenvalue weighted by atomic mass is 10.1. The summed E-state index contributed by atoms with van der Waals surface area (Å²) < 4.78 is 0. The van der Waals surface area contributed by atoms with E-state index in [2.05, 4.69) is 5.32 Å². The van der Waals surface area contributed by atoms with Crippen LogP contribution in [0.25, 0.3) is 0 Å². The summed E-state index contributed by atoms with van der Waals surface area (Å²) in [6, 6.07) is 7.40. The molecule has 88 valence electrons. The minimum Gasteiger partial charge on any atom is -0.331 e. The van der Waals surface area contributed by atoms with Crippen molar-refractivity contribution in [2.45, 2.75) is 19.9 Å². The van der Waals surface area contributed by atoms with Crippen molar-refractivity contribution in [1.82, 2.24) is 10.2 Å². The summed E-state index contributed by atoms with van der Waals surface area (Å²) in [5, 5.41) is 3.61. The average molecular weight is 241 g/mol. The minimum atomic E-state index is -0.0649. The zero-order valence-electron chi connectivity index (χ0n) is 9.83. The zero-order valence-corrected chi connectivity index (χ0v) is 10.6. The monoisotopic (exact) mass is 240 g/mol. The Labute approximate surface area is 101 Å². The fourth-order valence-electron chi connectivity index (χ4n) is 1.27. The van der Waals surface area contributed by atoms with E-state index in [9.17, 15) is 4.79 Å². The summed E-state index contributed by atoms with van der Waals surface area (Å²) in [5.74, 6) is 0. The van der Waals surface area contributed by atoms with Crippen molar-refractivity contribution in [3.8, 4) is 0 Å². The van der Waals surface area contributed by atoms with Crippen LogP contribution in [0, 0.1) is 0 Å². The number of nitrogens with one attached hydrogen (secondary N) is 1. The van der Waals surface area contributed by atoms with E-state index < -0.39 is 0 Å². The van der Waals surface area contributed by atoms with Gasteiger partial charge >= 0.3 is 6.03 Å². The molecule has 1 rings (SSSR count). The molecule has 0 aliphatic rings. The highest BCUT2D eigenvalue weighted by molar-refractivity contribution is 6.30. The smallest absolute Gasteiger partial charge is 0.317 e. The van der Waals surface area contributed by atoms with Gasteiger partial charge in [-0.1, -0.05) is 23.7 Å². The molecule has 1 N–H and O–H groups in total. The molecule has 0 spiro atoms. The molecule has 2 amide bonds. The van der Waals surface area contributed by atoms with Gasteiger partial charge in [0.15, 0.2) is 0 Å². The maximum Gasteiger partial charge on any atom is 0.317 e. The van der Waals surface area contributed by atoms with Crippen LogP contribution in [0.3, 0.4) is 0 Å². The molecule has 0 fully saturated rings. The summed E-state index contributed by atoms with van der Waals surface area (Å²) in [6.07, 6.45) is 0. The van der Waals surface area contributed by atoms with Gasteiger partial charge in [-0.05, 0) is 31.5 Å². The quantitative estimate of drug-likeness (QED) is 0.865. The fourth-order valence-corrected chi connectivity index (χ4v) is 1.40. The number of carbonyl (C=O) groups excluding carboxylic acids is 1. The number of hydrogen-bond donors (Lipinski definition) is 1. The van der Waals surface area contributed by atoms with Crippen LogP contribution in [0.4, 0.5) is 4.79 Å². The normalized spacial score (nSPS) is 12.0. The summed E-state index contributed by atoms with van der Waals surface area (Å²) in [6.45, 7) is 4.58. The first kappa shape index (κ1) is 12.8. The molecule has 0 aliphatic heterocycles. The number of benzene rings is 1. The van der Waals surface area contributed by atoms with Crippen molar-refractivity contribution in [2.75, 3.05) is 13.6 Å². The Hall–Kier alpha value is -1.22. The topological polar surface area (TPSA) is 32.3 Å². The molecule has 4 heteroatoms. The van der Waals surface area contributed by atoms with E-state index in [-0.39, 0.29) is 12.1 Å². The maximum absolute atomic E-state index is 11.6. The first-order valence-corrected chi connectivity index (χ1v) is 5.69. The van der Waals surface area contributed by atoms with E-state index in [1.54, 1.807) is 11.9 Å². The lowest BCUT2D eigenvalue weighted by Gasteiger charge is -2.20. The fraction of sp³-hybridized carbons (Fsp3) is 0.417. The Morgan fingerprint density at radius 2 is 2.00 bits per heavy atom. The molecule has 0 saturated heterocycles. The van der Waals surface area contributed by atoms with Crippen LogP contribution in [0.1, 0.15) is 25.5 Å². The molecule has 0 aliphatic carbocycles. The molecular formula is C12H17ClN2O. The van der Waals surface area contributed by atoms with Gasteiger partial charge in [0.05, 0.1) is 6.04 Å². The lowest BCUT2D eigenvalue weighted by molar-refractivity contribution is 0.208. The van der Waals surface area contributed by atoms with Gasteiger partial charge in [0.1, 0.15) is 0 Å². The number of carbonyl (C=O) groups is 1. The highest BCUT2D eigenvalue weighted by atomic mass is 35.5. The number of amides is 2. The lowest BCUT2D eigenvalue weighted by Crippen LogP contribution is -2.38. The summed E-state index contributed by atoms with van der Waals surface area (Å²) >= 11 is 5.80. The maximum atomic E-state index is 11.6. The van der Waals surface area contributed by atoms with E-state index in [1.807, 2.05) is 38.1 Å². The number of rotatable bonds is 3. The van der Waals surface area contributed by atoms with Crippen molar-refractivity contribution >= 4 is 17.6 Å². The van der Waals surface area contributed by atoms with Gasteiger partial charge in [0.25, 0.3) is 0 Å². The summed E-state index contributed by atoms with van der Waals surface area (Å²) in [5.41, 5.74) is 1.04. The largest absolute Gasteiger partial charge is 0.331 e. The van der Waals surface area contributed by atoms with Gasteiger partial charge in [-0.2, -0.15) is 0 Å². The Bertz CT molecular complexity index is 351. The predicted octanol–water partition coefficient (Wildman–Crippen LogP) is 3.06. The molecule has 0 saturated carbocycles. The number of urea groups is 1. The van der Waals surface area contributed by atoms with Gasteiger partial charge < -0.3 is 10.2 Å². The van der Waals surface area contributed by atoms with E-state index in [0.717, 1.165) is 5.56 Å². The second-order valence-corrected chi connectivity index (χ2v) is 4.17. The molecule has 3 nitrogen and oxygen atoms in total. The summed E-state index contributed by atoms with van der Waals surface area (Å²) in [4.78, 5) is 13.2. The molecule has 1 unspecified atom stereocenters. The SMILES string of the molecule is CCN(C)C(=O)NC(C)c1ccc(Cl)cc1. The molecule has 1 aromatic carbocycles. The number of hydrogen-bond acceptors (Lipinski definition) is 1. The number of nitrogens with zero attached hydrogens (tertiary/aromatic N) is 1. The van der Waals surface area contributed by atoms with Crippen LogP contribution in [-0.2, 0) is 0 Å². The second kappa shape index (κ2) is 5.75. The second-order valence-electron chi connectivity index (χ2n) is 3.74. The van der Waals surface area contributed by atoms with Crippen LogP contribution in [0.2, 0.25) is 5.02 Å². The Balaban J connectivity index is 2.62. The van der Waals surface area contributed by atoms with Crippen molar-refractivity contribution in [3.05, 3.63) is 34.9 Å². The molecular weight excluding hydrogens is 224 g/mol. The van der Waals surface area contributed by atoms with Crippen LogP contribution >= 0.6 is 11.6 Å². The van der Waals surface area contributed by atoms with Crippen LogP contribution in [0.15, 0.2) is 24.3 Å². The van der Waals surface area contributed by atoms with Crippen molar-refractivity contribution < 1.29 is 4.79 Å². The molecule has 0 radical (unpaired) electrons. The molecule has 0 heterocycles. The van der Waals surface area contributed by atoms with Gasteiger partial charge in [-0.3, -0.25) is 0 Å². The van der Waals surface area contributed by atoms with Gasteiger partial charge in [0.2, 0.25) is 0 Å². The Morgan fingerprint density at radius 1 is 1.44 bits per heavy atom. The third kappa shape index (κ3) is 3.42. The summed E-state index contributed by atoms with van der Waals surface area (Å²) in [7, 11) is 1.77. The highest BCUT2D eigenvalue weighted by Gasteiger charge is 2.11. The van der Waals surface area contributed by atoms with Crippen LogP contribution < -0.4 is 5.32 Å². The molecule has 16 heavy (non-hydrogen) atoms. The Morgan fingerprint density at radius 3 is 2.50 bits per heavy atom. The van der Waals surface area contributed by atoms with Gasteiger partial charge in [-0.25, -0.2) is 4.79 Å². The highest BCUT2D eigenvalue weighted by Crippen LogP contribution is 2.16. The standard InChI is InChI=1S/C12H17ClN2O/c1-4-15(3)12(16)14-9(2)10-5-7-11(13)8-6-10/h5-9H,4H2,1-3H3,(H,14,16). The van der Waals surface area contributed by atoms with Crippen molar-refractivity contribution in [1.29, 1.82) is 0 Å². The van der Waals surface area contributed by atoms with E-state index in [0.29, 0.717) is 11.6 Å². The number of halogens is 1. The van der Waals surface area contributed by atoms with Crippen LogP contribution in [0.5, 0.6) is 0 Å². The first-order chi connectivity index (χ1) is 7.54. The Kier molecular flexibility index (Phi) is 4.62. The first-order valence-electron chi connectivity index (χ1n) is 5.31. The third-order valence-electron chi connectivity index (χ3n) is 2.53. The van der Waals surface area contributed by atoms with E-state index in [4.69, 9.17) is 11.6 Å². The predicted molar refractivity (Wildman–Crippen MR) is 66.7 cm³/mol. The van der Waals surface area contributed by atoms with E-state index in [1.165, 1.54) is 0 Å². The molecule has 0 bridgehead atoms.